The number of amides is 1. The lowest BCUT2D eigenvalue weighted by Crippen LogP contribution is -2.39. The largest absolute Gasteiger partial charge is 0.335 e. The fraction of sp³-hybridized carbons (Fsp3) is 0.733. The molecule has 4 nitrogen and oxygen atoms in total. The number of carbonyl (C=O) groups is 1. The number of nitrogens with zero attached hydrogens (tertiary/aromatic N) is 2. The third-order valence-corrected chi connectivity index (χ3v) is 4.32. The fourth-order valence-corrected chi connectivity index (χ4v) is 2.93. The van der Waals surface area contributed by atoms with Crippen LogP contribution in [-0.4, -0.2) is 28.4 Å². The van der Waals surface area contributed by atoms with Crippen molar-refractivity contribution < 1.29 is 4.79 Å². The van der Waals surface area contributed by atoms with Gasteiger partial charge in [0.05, 0.1) is 0 Å². The Labute approximate surface area is 138 Å². The summed E-state index contributed by atoms with van der Waals surface area (Å²) in [5, 5.41) is 2.65. The molecule has 6 heteroatoms. The van der Waals surface area contributed by atoms with E-state index >= 15 is 0 Å². The van der Waals surface area contributed by atoms with Crippen LogP contribution in [0.15, 0.2) is 5.38 Å². The summed E-state index contributed by atoms with van der Waals surface area (Å²) in [4.78, 5) is 18.9. The Hall–Kier alpha value is -0.650. The number of unbranched alkanes of at least 4 members (excludes halogenated alkanes) is 2. The first kappa shape index (κ1) is 20.3. The van der Waals surface area contributed by atoms with Gasteiger partial charge in [0.1, 0.15) is 10.7 Å². The van der Waals surface area contributed by atoms with E-state index in [0.29, 0.717) is 12.2 Å². The Morgan fingerprint density at radius 1 is 1.38 bits per heavy atom. The quantitative estimate of drug-likeness (QED) is 0.698. The van der Waals surface area contributed by atoms with E-state index in [4.69, 9.17) is 5.73 Å². The molecule has 0 radical (unpaired) electrons. The predicted octanol–water partition coefficient (Wildman–Crippen LogP) is 3.84. The van der Waals surface area contributed by atoms with Crippen molar-refractivity contribution in [3.63, 3.8) is 0 Å². The predicted molar refractivity (Wildman–Crippen MR) is 92.2 cm³/mol. The van der Waals surface area contributed by atoms with E-state index in [2.05, 4.69) is 25.8 Å². The van der Waals surface area contributed by atoms with Gasteiger partial charge >= 0.3 is 0 Å². The number of hydrogen-bond acceptors (Lipinski definition) is 4. The summed E-state index contributed by atoms with van der Waals surface area (Å²) in [5.41, 5.74) is 6.12. The zero-order chi connectivity index (χ0) is 15.0. The van der Waals surface area contributed by atoms with Gasteiger partial charge in [-0.05, 0) is 19.8 Å². The highest BCUT2D eigenvalue weighted by molar-refractivity contribution is 7.09. The van der Waals surface area contributed by atoms with E-state index in [9.17, 15) is 4.79 Å². The first-order chi connectivity index (χ1) is 9.63. The zero-order valence-electron chi connectivity index (χ0n) is 13.3. The molecule has 1 atom stereocenters. The number of thiazole rings is 1. The maximum absolute atomic E-state index is 12.6. The summed E-state index contributed by atoms with van der Waals surface area (Å²) in [5.74, 6) is 0.0537. The topological polar surface area (TPSA) is 59.2 Å². The van der Waals surface area contributed by atoms with Crippen LogP contribution in [0.4, 0.5) is 0 Å². The van der Waals surface area contributed by atoms with Crippen molar-refractivity contribution in [3.8, 4) is 0 Å². The molecule has 1 rings (SSSR count). The summed E-state index contributed by atoms with van der Waals surface area (Å²) in [6.45, 7) is 7.68. The number of carbonyl (C=O) groups excluding carboxylic acids is 1. The first-order valence-electron chi connectivity index (χ1n) is 7.59. The van der Waals surface area contributed by atoms with Crippen LogP contribution in [0.5, 0.6) is 0 Å². The minimum absolute atomic E-state index is 0. The van der Waals surface area contributed by atoms with Crippen molar-refractivity contribution in [1.29, 1.82) is 0 Å². The second-order valence-electron chi connectivity index (χ2n) is 5.17. The van der Waals surface area contributed by atoms with Gasteiger partial charge in [-0.3, -0.25) is 4.79 Å². The Morgan fingerprint density at radius 3 is 2.62 bits per heavy atom. The van der Waals surface area contributed by atoms with Crippen LogP contribution < -0.4 is 5.73 Å². The van der Waals surface area contributed by atoms with Gasteiger partial charge in [0.25, 0.3) is 5.91 Å². The normalized spacial score (nSPS) is 11.8. The van der Waals surface area contributed by atoms with Crippen molar-refractivity contribution in [2.24, 2.45) is 5.73 Å². The Bertz CT molecular complexity index is 411. The van der Waals surface area contributed by atoms with Crippen molar-refractivity contribution >= 4 is 29.7 Å². The van der Waals surface area contributed by atoms with Gasteiger partial charge in [0, 0.05) is 24.5 Å². The van der Waals surface area contributed by atoms with Crippen LogP contribution in [0, 0.1) is 0 Å². The molecule has 0 aromatic carbocycles. The van der Waals surface area contributed by atoms with E-state index in [1.165, 1.54) is 11.3 Å². The summed E-state index contributed by atoms with van der Waals surface area (Å²) < 4.78 is 0. The average molecular weight is 334 g/mol. The SMILES string of the molecule is CCCCCN(C(=O)c1csc(CN)n1)C(C)CCC.Cl. The molecule has 0 saturated carbocycles. The fourth-order valence-electron chi connectivity index (χ4n) is 2.28. The molecule has 1 aromatic heterocycles. The highest BCUT2D eigenvalue weighted by Crippen LogP contribution is 2.16. The number of rotatable bonds is 9. The Balaban J connectivity index is 0.00000400. The molecule has 0 aliphatic rings. The maximum atomic E-state index is 12.6. The lowest BCUT2D eigenvalue weighted by Gasteiger charge is -2.28. The molecule has 1 amide bonds. The number of nitrogens with two attached hydrogens (primary N) is 1. The van der Waals surface area contributed by atoms with Crippen LogP contribution >= 0.6 is 23.7 Å². The summed E-state index contributed by atoms with van der Waals surface area (Å²) in [6.07, 6.45) is 5.51. The van der Waals surface area contributed by atoms with E-state index in [1.54, 1.807) is 0 Å². The Kier molecular flexibility index (Phi) is 10.6. The van der Waals surface area contributed by atoms with Gasteiger partial charge in [0.2, 0.25) is 0 Å². The van der Waals surface area contributed by atoms with Crippen molar-refractivity contribution in [3.05, 3.63) is 16.1 Å². The van der Waals surface area contributed by atoms with E-state index in [0.717, 1.165) is 43.7 Å². The summed E-state index contributed by atoms with van der Waals surface area (Å²) in [7, 11) is 0. The molecule has 122 valence electrons. The van der Waals surface area contributed by atoms with Gasteiger partial charge in [-0.2, -0.15) is 0 Å². The third kappa shape index (κ3) is 6.32. The van der Waals surface area contributed by atoms with Crippen LogP contribution in [0.2, 0.25) is 0 Å². The number of halogens is 1. The smallest absolute Gasteiger partial charge is 0.273 e. The summed E-state index contributed by atoms with van der Waals surface area (Å²) in [6, 6.07) is 0.271. The molecule has 1 heterocycles. The van der Waals surface area contributed by atoms with E-state index in [-0.39, 0.29) is 24.4 Å². The number of hydrogen-bond donors (Lipinski definition) is 1. The van der Waals surface area contributed by atoms with Gasteiger partial charge < -0.3 is 10.6 Å². The van der Waals surface area contributed by atoms with Crippen molar-refractivity contribution in [2.45, 2.75) is 65.5 Å². The lowest BCUT2D eigenvalue weighted by molar-refractivity contribution is 0.0674. The lowest BCUT2D eigenvalue weighted by atomic mass is 10.1. The second-order valence-corrected chi connectivity index (χ2v) is 6.12. The molecule has 0 spiro atoms. The molecular formula is C15H28ClN3OS. The molecule has 1 aromatic rings. The van der Waals surface area contributed by atoms with Crippen LogP contribution in [0.25, 0.3) is 0 Å². The monoisotopic (exact) mass is 333 g/mol. The Morgan fingerprint density at radius 2 is 2.10 bits per heavy atom. The highest BCUT2D eigenvalue weighted by atomic mass is 35.5. The summed E-state index contributed by atoms with van der Waals surface area (Å²) >= 11 is 1.47. The van der Waals surface area contributed by atoms with Gasteiger partial charge in [0.15, 0.2) is 0 Å². The minimum atomic E-state index is 0. The molecule has 1 unspecified atom stereocenters. The minimum Gasteiger partial charge on any atom is -0.335 e. The van der Waals surface area contributed by atoms with Gasteiger partial charge in [-0.25, -0.2) is 4.98 Å². The van der Waals surface area contributed by atoms with Gasteiger partial charge in [-0.15, -0.1) is 23.7 Å². The number of aromatic nitrogens is 1. The molecule has 2 N–H and O–H groups in total. The van der Waals surface area contributed by atoms with E-state index in [1.807, 2.05) is 10.3 Å². The third-order valence-electron chi connectivity index (χ3n) is 3.45. The zero-order valence-corrected chi connectivity index (χ0v) is 14.9. The molecule has 0 bridgehead atoms. The molecule has 0 saturated heterocycles. The van der Waals surface area contributed by atoms with Crippen LogP contribution in [0.1, 0.15) is 68.4 Å². The van der Waals surface area contributed by atoms with Crippen LogP contribution in [0.3, 0.4) is 0 Å². The van der Waals surface area contributed by atoms with E-state index < -0.39 is 0 Å². The van der Waals surface area contributed by atoms with Crippen molar-refractivity contribution in [2.75, 3.05) is 6.54 Å². The molecule has 0 fully saturated rings. The van der Waals surface area contributed by atoms with Gasteiger partial charge in [-0.1, -0.05) is 33.1 Å². The molecule has 0 aliphatic carbocycles. The van der Waals surface area contributed by atoms with Crippen molar-refractivity contribution in [1.82, 2.24) is 9.88 Å². The standard InChI is InChI=1S/C15H27N3OS.ClH/c1-4-6-7-9-18(12(3)8-5-2)15(19)13-11-20-14(10-16)17-13;/h11-12H,4-10,16H2,1-3H3;1H. The highest BCUT2D eigenvalue weighted by Gasteiger charge is 2.22. The molecule has 21 heavy (non-hydrogen) atoms. The molecular weight excluding hydrogens is 306 g/mol. The first-order valence-corrected chi connectivity index (χ1v) is 8.47. The second kappa shape index (κ2) is 11.0. The maximum Gasteiger partial charge on any atom is 0.273 e. The van der Waals surface area contributed by atoms with Crippen LogP contribution in [-0.2, 0) is 6.54 Å². The molecule has 0 aliphatic heterocycles. The average Bonchev–Trinajstić information content (AvgIpc) is 2.92.